The lowest BCUT2D eigenvalue weighted by Gasteiger charge is -2.27. The first-order valence-corrected chi connectivity index (χ1v) is 9.81. The molecule has 1 aromatic carbocycles. The molecule has 146 valence electrons. The van der Waals surface area contributed by atoms with Crippen LogP contribution >= 0.6 is 0 Å². The van der Waals surface area contributed by atoms with Crippen molar-refractivity contribution in [2.45, 2.75) is 37.9 Å². The third kappa shape index (κ3) is 2.84. The van der Waals surface area contributed by atoms with E-state index in [0.717, 1.165) is 35.4 Å². The Balaban J connectivity index is 1.27. The molecule has 28 heavy (non-hydrogen) atoms. The fourth-order valence-corrected chi connectivity index (χ4v) is 4.68. The van der Waals surface area contributed by atoms with Gasteiger partial charge in [-0.05, 0) is 48.9 Å². The van der Waals surface area contributed by atoms with Gasteiger partial charge in [-0.2, -0.15) is 0 Å². The summed E-state index contributed by atoms with van der Waals surface area (Å²) in [6, 6.07) is 4.82. The van der Waals surface area contributed by atoms with Crippen molar-refractivity contribution in [1.29, 1.82) is 0 Å². The van der Waals surface area contributed by atoms with Crippen molar-refractivity contribution in [3.63, 3.8) is 0 Å². The zero-order chi connectivity index (χ0) is 19.4. The van der Waals surface area contributed by atoms with E-state index in [1.54, 1.807) is 12.1 Å². The van der Waals surface area contributed by atoms with Gasteiger partial charge in [-0.25, -0.2) is 0 Å². The minimum absolute atomic E-state index is 0.121. The number of benzene rings is 1. The molecule has 0 aromatic heterocycles. The van der Waals surface area contributed by atoms with Gasteiger partial charge in [-0.3, -0.25) is 29.4 Å². The third-order valence-corrected chi connectivity index (χ3v) is 6.33. The molecule has 2 saturated heterocycles. The van der Waals surface area contributed by atoms with Gasteiger partial charge in [-0.1, -0.05) is 6.07 Å². The summed E-state index contributed by atoms with van der Waals surface area (Å²) in [5, 5.41) is 9.15. The molecule has 1 saturated carbocycles. The highest BCUT2D eigenvalue weighted by Gasteiger charge is 2.47. The third-order valence-electron chi connectivity index (χ3n) is 6.33. The fourth-order valence-electron chi connectivity index (χ4n) is 4.68. The van der Waals surface area contributed by atoms with Crippen LogP contribution in [0.3, 0.4) is 0 Å². The van der Waals surface area contributed by atoms with Gasteiger partial charge in [0.05, 0.1) is 11.1 Å². The number of nitrogens with zero attached hydrogens (tertiary/aromatic N) is 1. The molecule has 0 spiro atoms. The Bertz CT molecular complexity index is 898. The second-order valence-corrected chi connectivity index (χ2v) is 8.13. The number of hydrogen-bond acceptors (Lipinski definition) is 6. The molecule has 1 aliphatic carbocycles. The quantitative estimate of drug-likeness (QED) is 0.608. The minimum atomic E-state index is -0.924. The molecular formula is C20H22N4O4. The Labute approximate surface area is 162 Å². The van der Waals surface area contributed by atoms with Crippen molar-refractivity contribution in [3.05, 3.63) is 34.9 Å². The van der Waals surface area contributed by atoms with E-state index in [4.69, 9.17) is 0 Å². The lowest BCUT2D eigenvalue weighted by Crippen LogP contribution is -2.54. The van der Waals surface area contributed by atoms with Gasteiger partial charge in [0.15, 0.2) is 0 Å². The van der Waals surface area contributed by atoms with E-state index in [9.17, 15) is 19.2 Å². The molecule has 1 unspecified atom stereocenters. The Kier molecular flexibility index (Phi) is 4.06. The van der Waals surface area contributed by atoms with Gasteiger partial charge in [0.1, 0.15) is 6.04 Å². The first-order valence-electron chi connectivity index (χ1n) is 9.81. The van der Waals surface area contributed by atoms with Gasteiger partial charge < -0.3 is 10.6 Å². The Morgan fingerprint density at radius 2 is 1.93 bits per heavy atom. The molecule has 1 aromatic rings. The second kappa shape index (κ2) is 6.49. The van der Waals surface area contributed by atoms with Crippen LogP contribution in [-0.4, -0.2) is 53.7 Å². The van der Waals surface area contributed by atoms with Crippen molar-refractivity contribution in [2.24, 2.45) is 11.8 Å². The van der Waals surface area contributed by atoms with Gasteiger partial charge in [0, 0.05) is 25.6 Å². The van der Waals surface area contributed by atoms with E-state index < -0.39 is 23.8 Å². The summed E-state index contributed by atoms with van der Waals surface area (Å²) in [4.78, 5) is 50.0. The lowest BCUT2D eigenvalue weighted by atomic mass is 10.0. The van der Waals surface area contributed by atoms with E-state index >= 15 is 0 Å². The summed E-state index contributed by atoms with van der Waals surface area (Å²) in [5.41, 5.74) is 1.57. The standard InChI is InChI=1S/C20H22N4O4/c25-17-4-3-16(18(26)23-17)24-19(27)12-2-1-10(5-14(12)20(24)28)7-21-9-15-13-6-11(13)8-22-15/h1-2,5,11,13,15-16,21-22H,3-4,6-9H2,(H,23,25,26)/t11-,13-,15+,16?/m0/s1. The van der Waals surface area contributed by atoms with Crippen LogP contribution < -0.4 is 16.0 Å². The number of carbonyl (C=O) groups excluding carboxylic acids is 4. The molecule has 3 aliphatic heterocycles. The summed E-state index contributed by atoms with van der Waals surface area (Å²) in [6.07, 6.45) is 1.61. The molecular weight excluding hydrogens is 360 g/mol. The van der Waals surface area contributed by atoms with Gasteiger partial charge >= 0.3 is 0 Å². The average Bonchev–Trinajstić information content (AvgIpc) is 3.29. The molecule has 0 radical (unpaired) electrons. The maximum absolute atomic E-state index is 12.8. The first-order chi connectivity index (χ1) is 13.5. The maximum Gasteiger partial charge on any atom is 0.262 e. The molecule has 4 atom stereocenters. The number of carbonyl (C=O) groups is 4. The molecule has 3 fully saturated rings. The van der Waals surface area contributed by atoms with Crippen molar-refractivity contribution in [1.82, 2.24) is 20.9 Å². The zero-order valence-electron chi connectivity index (χ0n) is 15.4. The number of rotatable bonds is 5. The van der Waals surface area contributed by atoms with Crippen LogP contribution in [-0.2, 0) is 16.1 Å². The monoisotopic (exact) mass is 382 g/mol. The number of imide groups is 2. The van der Waals surface area contributed by atoms with Gasteiger partial charge in [-0.15, -0.1) is 0 Å². The molecule has 8 nitrogen and oxygen atoms in total. The molecule has 3 heterocycles. The number of piperidine rings is 2. The summed E-state index contributed by atoms with van der Waals surface area (Å²) in [7, 11) is 0. The minimum Gasteiger partial charge on any atom is -0.312 e. The van der Waals surface area contributed by atoms with E-state index in [1.165, 1.54) is 6.42 Å². The topological polar surface area (TPSA) is 108 Å². The lowest BCUT2D eigenvalue weighted by molar-refractivity contribution is -0.136. The Morgan fingerprint density at radius 3 is 2.64 bits per heavy atom. The summed E-state index contributed by atoms with van der Waals surface area (Å²) >= 11 is 0. The van der Waals surface area contributed by atoms with E-state index in [1.807, 2.05) is 6.07 Å². The second-order valence-electron chi connectivity index (χ2n) is 8.13. The number of nitrogens with one attached hydrogen (secondary N) is 3. The van der Waals surface area contributed by atoms with E-state index in [2.05, 4.69) is 16.0 Å². The van der Waals surface area contributed by atoms with Crippen molar-refractivity contribution < 1.29 is 19.2 Å². The largest absolute Gasteiger partial charge is 0.312 e. The Hall–Kier alpha value is -2.58. The predicted molar refractivity (Wildman–Crippen MR) is 98.2 cm³/mol. The number of fused-ring (bicyclic) bond motifs is 2. The summed E-state index contributed by atoms with van der Waals surface area (Å²) in [6.45, 7) is 2.61. The summed E-state index contributed by atoms with van der Waals surface area (Å²) in [5.74, 6) is -0.239. The van der Waals surface area contributed by atoms with Crippen LogP contribution in [0.2, 0.25) is 0 Å². The van der Waals surface area contributed by atoms with Crippen LogP contribution in [0.1, 0.15) is 45.5 Å². The van der Waals surface area contributed by atoms with E-state index in [0.29, 0.717) is 23.7 Å². The van der Waals surface area contributed by atoms with Crippen LogP contribution in [0.25, 0.3) is 0 Å². The smallest absolute Gasteiger partial charge is 0.262 e. The van der Waals surface area contributed by atoms with Crippen molar-refractivity contribution >= 4 is 23.6 Å². The number of hydrogen-bond donors (Lipinski definition) is 3. The highest BCUT2D eigenvalue weighted by Crippen LogP contribution is 2.44. The summed E-state index contributed by atoms with van der Waals surface area (Å²) < 4.78 is 0. The maximum atomic E-state index is 12.8. The molecule has 0 bridgehead atoms. The van der Waals surface area contributed by atoms with Crippen LogP contribution in [0, 0.1) is 11.8 Å². The average molecular weight is 382 g/mol. The normalized spacial score (nSPS) is 31.1. The van der Waals surface area contributed by atoms with Crippen molar-refractivity contribution in [2.75, 3.05) is 13.1 Å². The first kappa shape index (κ1) is 17.5. The number of amides is 4. The zero-order valence-corrected chi connectivity index (χ0v) is 15.4. The predicted octanol–water partition coefficient (Wildman–Crippen LogP) is -0.215. The Morgan fingerprint density at radius 1 is 1.11 bits per heavy atom. The van der Waals surface area contributed by atoms with Crippen LogP contribution in [0.5, 0.6) is 0 Å². The highest BCUT2D eigenvalue weighted by molar-refractivity contribution is 6.23. The van der Waals surface area contributed by atoms with Gasteiger partial charge in [0.2, 0.25) is 11.8 Å². The van der Waals surface area contributed by atoms with Crippen molar-refractivity contribution in [3.8, 4) is 0 Å². The fraction of sp³-hybridized carbons (Fsp3) is 0.500. The molecule has 5 rings (SSSR count). The SMILES string of the molecule is O=C1CCC(N2C(=O)c3ccc(CNC[C@H]4NC[C@@H]5C[C@@H]54)cc3C2=O)C(=O)N1. The van der Waals surface area contributed by atoms with Gasteiger partial charge in [0.25, 0.3) is 11.8 Å². The molecule has 4 amide bonds. The van der Waals surface area contributed by atoms with E-state index in [-0.39, 0.29) is 18.7 Å². The molecule has 3 N–H and O–H groups in total. The van der Waals surface area contributed by atoms with Crippen LogP contribution in [0.15, 0.2) is 18.2 Å². The molecule has 8 heteroatoms. The molecule has 4 aliphatic rings. The highest BCUT2D eigenvalue weighted by atomic mass is 16.2. The van der Waals surface area contributed by atoms with Crippen LogP contribution in [0.4, 0.5) is 0 Å².